The summed E-state index contributed by atoms with van der Waals surface area (Å²) >= 11 is 0. The fraction of sp³-hybridized carbons (Fsp3) is 0.143. The minimum atomic E-state index is -0.818. The molecule has 3 amide bonds. The molecule has 0 fully saturated rings. The van der Waals surface area contributed by atoms with E-state index in [2.05, 4.69) is 15.6 Å². The zero-order chi connectivity index (χ0) is 21.7. The number of carbonyl (C=O) groups excluding carboxylic acids is 3. The maximum absolute atomic E-state index is 13.1. The minimum absolute atomic E-state index is 0.0501. The van der Waals surface area contributed by atoms with Gasteiger partial charge in [0.1, 0.15) is 5.82 Å². The summed E-state index contributed by atoms with van der Waals surface area (Å²) in [6.45, 7) is 3.10. The van der Waals surface area contributed by atoms with Gasteiger partial charge in [-0.2, -0.15) is 0 Å². The fourth-order valence-corrected chi connectivity index (χ4v) is 2.73. The number of rotatable bonds is 5. The molecule has 0 unspecified atom stereocenters. The molecule has 0 atom stereocenters. The van der Waals surface area contributed by atoms with E-state index in [-0.39, 0.29) is 5.69 Å². The molecule has 30 heavy (non-hydrogen) atoms. The molecular formula is C21H19FN4O4. The summed E-state index contributed by atoms with van der Waals surface area (Å²) in [6.07, 6.45) is 2.62. The SMILES string of the molecule is Cc1ccc(NC(=O)NC(=O)COC(=O)c2cncn2-c2ccc(F)cc2)c(C)c1. The van der Waals surface area contributed by atoms with Crippen molar-refractivity contribution in [1.29, 1.82) is 0 Å². The summed E-state index contributed by atoms with van der Waals surface area (Å²) in [7, 11) is 0. The van der Waals surface area contributed by atoms with Crippen molar-refractivity contribution < 1.29 is 23.5 Å². The van der Waals surface area contributed by atoms with Gasteiger partial charge in [-0.3, -0.25) is 14.7 Å². The van der Waals surface area contributed by atoms with Crippen LogP contribution in [-0.4, -0.2) is 34.1 Å². The van der Waals surface area contributed by atoms with Gasteiger partial charge in [0.2, 0.25) is 0 Å². The highest BCUT2D eigenvalue weighted by atomic mass is 19.1. The largest absolute Gasteiger partial charge is 0.451 e. The predicted molar refractivity (Wildman–Crippen MR) is 107 cm³/mol. The number of benzene rings is 2. The van der Waals surface area contributed by atoms with Gasteiger partial charge in [0.25, 0.3) is 5.91 Å². The van der Waals surface area contributed by atoms with Crippen LogP contribution >= 0.6 is 0 Å². The number of aryl methyl sites for hydroxylation is 2. The summed E-state index contributed by atoms with van der Waals surface area (Å²) in [5.74, 6) is -2.03. The van der Waals surface area contributed by atoms with E-state index < -0.39 is 30.3 Å². The quantitative estimate of drug-likeness (QED) is 0.629. The summed E-state index contributed by atoms with van der Waals surface area (Å²) in [5, 5.41) is 4.66. The summed E-state index contributed by atoms with van der Waals surface area (Å²) in [5.41, 5.74) is 3.00. The predicted octanol–water partition coefficient (Wildman–Crippen LogP) is 3.13. The van der Waals surface area contributed by atoms with Crippen LogP contribution in [0.25, 0.3) is 5.69 Å². The standard InChI is InChI=1S/C21H19FN4O4/c1-13-3-8-17(14(2)9-13)24-21(29)25-19(27)11-30-20(28)18-10-23-12-26(18)16-6-4-15(22)5-7-16/h3-10,12H,11H2,1-2H3,(H2,24,25,27,29). The number of nitrogens with one attached hydrogen (secondary N) is 2. The van der Waals surface area contributed by atoms with E-state index >= 15 is 0 Å². The second-order valence-corrected chi connectivity index (χ2v) is 6.52. The topological polar surface area (TPSA) is 102 Å². The van der Waals surface area contributed by atoms with Gasteiger partial charge in [-0.25, -0.2) is 19.0 Å². The van der Waals surface area contributed by atoms with Crippen LogP contribution in [0.2, 0.25) is 0 Å². The normalized spacial score (nSPS) is 10.4. The summed E-state index contributed by atoms with van der Waals surface area (Å²) < 4.78 is 19.4. The number of nitrogens with zero attached hydrogens (tertiary/aromatic N) is 2. The molecule has 3 rings (SSSR count). The lowest BCUT2D eigenvalue weighted by atomic mass is 10.1. The molecule has 0 radical (unpaired) electrons. The van der Waals surface area contributed by atoms with Gasteiger partial charge in [0.05, 0.1) is 12.5 Å². The Morgan fingerprint density at radius 3 is 2.53 bits per heavy atom. The first-order chi connectivity index (χ1) is 14.3. The van der Waals surface area contributed by atoms with Crippen LogP contribution in [0.3, 0.4) is 0 Å². The second kappa shape index (κ2) is 8.99. The van der Waals surface area contributed by atoms with Crippen LogP contribution in [0, 0.1) is 19.7 Å². The highest BCUT2D eigenvalue weighted by Gasteiger charge is 2.17. The molecule has 8 nitrogen and oxygen atoms in total. The Labute approximate surface area is 171 Å². The van der Waals surface area contributed by atoms with Crippen LogP contribution in [0.1, 0.15) is 21.6 Å². The number of ether oxygens (including phenoxy) is 1. The number of anilines is 1. The molecule has 9 heteroatoms. The lowest BCUT2D eigenvalue weighted by Gasteiger charge is -2.10. The first kappa shape index (κ1) is 20.7. The molecule has 0 bridgehead atoms. The third kappa shape index (κ3) is 5.07. The van der Waals surface area contributed by atoms with Crippen molar-refractivity contribution in [3.63, 3.8) is 0 Å². The molecule has 154 valence electrons. The monoisotopic (exact) mass is 410 g/mol. The van der Waals surface area contributed by atoms with E-state index in [1.807, 2.05) is 26.0 Å². The molecule has 0 aliphatic heterocycles. The van der Waals surface area contributed by atoms with E-state index in [4.69, 9.17) is 4.74 Å². The number of carbonyl (C=O) groups is 3. The smallest absolute Gasteiger partial charge is 0.357 e. The van der Waals surface area contributed by atoms with Gasteiger partial charge < -0.3 is 10.1 Å². The molecule has 1 heterocycles. The number of imide groups is 1. The van der Waals surface area contributed by atoms with Gasteiger partial charge in [0, 0.05) is 11.4 Å². The number of hydrogen-bond acceptors (Lipinski definition) is 5. The van der Waals surface area contributed by atoms with Gasteiger partial charge in [-0.1, -0.05) is 17.7 Å². The third-order valence-corrected chi connectivity index (χ3v) is 4.17. The van der Waals surface area contributed by atoms with Crippen molar-refractivity contribution in [2.45, 2.75) is 13.8 Å². The number of halogens is 1. The second-order valence-electron chi connectivity index (χ2n) is 6.52. The Bertz CT molecular complexity index is 1090. The average Bonchev–Trinajstić information content (AvgIpc) is 3.19. The minimum Gasteiger partial charge on any atom is -0.451 e. The van der Waals surface area contributed by atoms with Gasteiger partial charge in [-0.05, 0) is 49.7 Å². The molecule has 0 saturated carbocycles. The highest BCUT2D eigenvalue weighted by Crippen LogP contribution is 2.16. The Kier molecular flexibility index (Phi) is 6.21. The Hall–Kier alpha value is -4.01. The van der Waals surface area contributed by atoms with E-state index in [9.17, 15) is 18.8 Å². The Morgan fingerprint density at radius 1 is 1.10 bits per heavy atom. The number of imidazole rings is 1. The van der Waals surface area contributed by atoms with Crippen LogP contribution in [0.4, 0.5) is 14.9 Å². The van der Waals surface area contributed by atoms with E-state index in [1.54, 1.807) is 6.07 Å². The molecule has 0 aliphatic carbocycles. The van der Waals surface area contributed by atoms with Crippen molar-refractivity contribution in [1.82, 2.24) is 14.9 Å². The molecule has 3 aromatic rings. The molecular weight excluding hydrogens is 391 g/mol. The molecule has 0 aliphatic rings. The summed E-state index contributed by atoms with van der Waals surface area (Å²) in [6, 6.07) is 10.1. The first-order valence-corrected chi connectivity index (χ1v) is 8.97. The Balaban J connectivity index is 1.55. The number of hydrogen-bond donors (Lipinski definition) is 2. The van der Waals surface area contributed by atoms with Gasteiger partial charge in [0.15, 0.2) is 12.3 Å². The van der Waals surface area contributed by atoms with E-state index in [1.165, 1.54) is 41.4 Å². The fourth-order valence-electron chi connectivity index (χ4n) is 2.73. The van der Waals surface area contributed by atoms with Crippen molar-refractivity contribution in [3.8, 4) is 5.69 Å². The zero-order valence-electron chi connectivity index (χ0n) is 16.3. The lowest BCUT2D eigenvalue weighted by molar-refractivity contribution is -0.123. The molecule has 0 spiro atoms. The molecule has 0 saturated heterocycles. The van der Waals surface area contributed by atoms with Crippen molar-refractivity contribution >= 4 is 23.6 Å². The molecule has 1 aromatic heterocycles. The Morgan fingerprint density at radius 2 is 1.83 bits per heavy atom. The van der Waals surface area contributed by atoms with Crippen molar-refractivity contribution in [3.05, 3.63) is 77.6 Å². The van der Waals surface area contributed by atoms with Crippen LogP contribution in [-0.2, 0) is 9.53 Å². The number of amides is 3. The van der Waals surface area contributed by atoms with Crippen molar-refractivity contribution in [2.75, 3.05) is 11.9 Å². The zero-order valence-corrected chi connectivity index (χ0v) is 16.3. The van der Waals surface area contributed by atoms with E-state index in [0.717, 1.165) is 11.1 Å². The number of urea groups is 1. The van der Waals surface area contributed by atoms with Crippen LogP contribution in [0.15, 0.2) is 55.0 Å². The summed E-state index contributed by atoms with van der Waals surface area (Å²) in [4.78, 5) is 40.1. The highest BCUT2D eigenvalue weighted by molar-refractivity contribution is 6.02. The van der Waals surface area contributed by atoms with Crippen LogP contribution < -0.4 is 10.6 Å². The number of aromatic nitrogens is 2. The van der Waals surface area contributed by atoms with Crippen molar-refractivity contribution in [2.24, 2.45) is 0 Å². The van der Waals surface area contributed by atoms with Gasteiger partial charge in [-0.15, -0.1) is 0 Å². The average molecular weight is 410 g/mol. The molecule has 2 N–H and O–H groups in total. The van der Waals surface area contributed by atoms with Crippen LogP contribution in [0.5, 0.6) is 0 Å². The third-order valence-electron chi connectivity index (χ3n) is 4.17. The molecule has 2 aromatic carbocycles. The lowest BCUT2D eigenvalue weighted by Crippen LogP contribution is -2.37. The number of esters is 1. The first-order valence-electron chi connectivity index (χ1n) is 8.97. The van der Waals surface area contributed by atoms with E-state index in [0.29, 0.717) is 11.4 Å². The maximum atomic E-state index is 13.1. The van der Waals surface area contributed by atoms with Gasteiger partial charge >= 0.3 is 12.0 Å². The maximum Gasteiger partial charge on any atom is 0.357 e.